The molecule has 1 aliphatic rings. The fourth-order valence-corrected chi connectivity index (χ4v) is 4.40. The van der Waals surface area contributed by atoms with E-state index in [0.29, 0.717) is 5.89 Å². The summed E-state index contributed by atoms with van der Waals surface area (Å²) < 4.78 is 5.59. The summed E-state index contributed by atoms with van der Waals surface area (Å²) in [6.45, 7) is 9.03. The minimum absolute atomic E-state index is 0. The van der Waals surface area contributed by atoms with E-state index < -0.39 is 0 Å². The molecule has 1 N–H and O–H groups in total. The molecule has 0 amide bonds. The van der Waals surface area contributed by atoms with Crippen molar-refractivity contribution >= 4 is 23.7 Å². The van der Waals surface area contributed by atoms with Crippen LogP contribution >= 0.6 is 23.7 Å². The number of hydrogen-bond donors (Lipinski definition) is 1. The van der Waals surface area contributed by atoms with Crippen molar-refractivity contribution in [2.75, 3.05) is 26.7 Å². The Morgan fingerprint density at radius 3 is 2.78 bits per heavy atom. The summed E-state index contributed by atoms with van der Waals surface area (Å²) in [5.41, 5.74) is 4.57. The highest BCUT2D eigenvalue weighted by Crippen LogP contribution is 2.36. The molecule has 27 heavy (non-hydrogen) atoms. The second kappa shape index (κ2) is 8.06. The maximum Gasteiger partial charge on any atom is 0.269 e. The number of halogens is 1. The number of nitrogens with zero attached hydrogens (tertiary/aromatic N) is 4. The molecule has 3 heterocycles. The summed E-state index contributed by atoms with van der Waals surface area (Å²) in [6.07, 6.45) is 0. The van der Waals surface area contributed by atoms with Crippen LogP contribution in [0.1, 0.15) is 28.7 Å². The second-order valence-electron chi connectivity index (χ2n) is 6.91. The normalized spacial score (nSPS) is 17.7. The lowest BCUT2D eigenvalue weighted by molar-refractivity contribution is 0.190. The Hall–Kier alpha value is -1.80. The molecular formula is C19H24ClN5OS. The molecule has 3 aromatic rings. The highest BCUT2D eigenvalue weighted by Gasteiger charge is 2.26. The average molecular weight is 406 g/mol. The van der Waals surface area contributed by atoms with Crippen molar-refractivity contribution in [3.05, 3.63) is 40.8 Å². The molecule has 0 spiro atoms. The number of rotatable bonds is 3. The minimum Gasteiger partial charge on any atom is -0.333 e. The monoisotopic (exact) mass is 405 g/mol. The number of aryl methyl sites for hydroxylation is 3. The van der Waals surface area contributed by atoms with Gasteiger partial charge in [0.25, 0.3) is 5.89 Å². The quantitative estimate of drug-likeness (QED) is 0.715. The molecule has 1 unspecified atom stereocenters. The van der Waals surface area contributed by atoms with E-state index in [0.717, 1.165) is 46.6 Å². The summed E-state index contributed by atoms with van der Waals surface area (Å²) >= 11 is 1.61. The predicted molar refractivity (Wildman–Crippen MR) is 111 cm³/mol. The lowest BCUT2D eigenvalue weighted by Gasteiger charge is -2.30. The van der Waals surface area contributed by atoms with Crippen molar-refractivity contribution < 1.29 is 4.52 Å². The van der Waals surface area contributed by atoms with E-state index >= 15 is 0 Å². The summed E-state index contributed by atoms with van der Waals surface area (Å²) in [4.78, 5) is 12.6. The Balaban J connectivity index is 0.00000210. The Kier molecular flexibility index (Phi) is 5.95. The van der Waals surface area contributed by atoms with Crippen LogP contribution in [0.2, 0.25) is 0 Å². The fraction of sp³-hybridized carbons (Fsp3) is 0.421. The topological polar surface area (TPSA) is 67.1 Å². The lowest BCUT2D eigenvalue weighted by Crippen LogP contribution is -2.44. The lowest BCUT2D eigenvalue weighted by atomic mass is 10.1. The molecule has 0 radical (unpaired) electrons. The largest absolute Gasteiger partial charge is 0.333 e. The van der Waals surface area contributed by atoms with Gasteiger partial charge in [-0.05, 0) is 33.4 Å². The zero-order chi connectivity index (χ0) is 18.3. The molecule has 0 aliphatic carbocycles. The van der Waals surface area contributed by atoms with Gasteiger partial charge in [0.15, 0.2) is 5.82 Å². The molecule has 144 valence electrons. The minimum atomic E-state index is 0. The van der Waals surface area contributed by atoms with Gasteiger partial charge in [-0.2, -0.15) is 4.98 Å². The van der Waals surface area contributed by atoms with Crippen LogP contribution in [-0.4, -0.2) is 46.7 Å². The zero-order valence-electron chi connectivity index (χ0n) is 15.9. The average Bonchev–Trinajstić information content (AvgIpc) is 3.22. The molecule has 1 aromatic carbocycles. The number of aromatic nitrogens is 3. The molecule has 1 atom stereocenters. The number of benzene rings is 1. The predicted octanol–water partition coefficient (Wildman–Crippen LogP) is 3.78. The summed E-state index contributed by atoms with van der Waals surface area (Å²) in [6, 6.07) is 6.58. The van der Waals surface area contributed by atoms with Gasteiger partial charge in [-0.15, -0.1) is 23.7 Å². The smallest absolute Gasteiger partial charge is 0.269 e. The maximum absolute atomic E-state index is 5.59. The highest BCUT2D eigenvalue weighted by molar-refractivity contribution is 7.18. The molecule has 1 aliphatic heterocycles. The number of piperazine rings is 1. The third-order valence-corrected chi connectivity index (χ3v) is 6.03. The molecular weight excluding hydrogens is 382 g/mol. The summed E-state index contributed by atoms with van der Waals surface area (Å²) in [5, 5.41) is 8.61. The fourth-order valence-electron chi connectivity index (χ4n) is 3.32. The molecule has 0 bridgehead atoms. The Morgan fingerprint density at radius 1 is 1.22 bits per heavy atom. The molecule has 1 saturated heterocycles. The molecule has 6 nitrogen and oxygen atoms in total. The van der Waals surface area contributed by atoms with E-state index in [9.17, 15) is 0 Å². The van der Waals surface area contributed by atoms with Crippen molar-refractivity contribution in [2.24, 2.45) is 0 Å². The first kappa shape index (κ1) is 19.9. The van der Waals surface area contributed by atoms with E-state index in [1.54, 1.807) is 11.3 Å². The van der Waals surface area contributed by atoms with Gasteiger partial charge in [0.2, 0.25) is 0 Å². The van der Waals surface area contributed by atoms with Crippen LogP contribution in [0, 0.1) is 20.8 Å². The van der Waals surface area contributed by atoms with Gasteiger partial charge in [0.05, 0.1) is 11.7 Å². The first-order valence-corrected chi connectivity index (χ1v) is 9.64. The van der Waals surface area contributed by atoms with E-state index in [-0.39, 0.29) is 18.4 Å². The van der Waals surface area contributed by atoms with E-state index in [2.05, 4.69) is 59.5 Å². The number of likely N-dealkylation sites (N-methyl/N-ethyl adjacent to an activating group) is 1. The summed E-state index contributed by atoms with van der Waals surface area (Å²) in [7, 11) is 2.10. The van der Waals surface area contributed by atoms with Gasteiger partial charge in [-0.1, -0.05) is 28.9 Å². The van der Waals surface area contributed by atoms with Crippen molar-refractivity contribution in [3.63, 3.8) is 0 Å². The van der Waals surface area contributed by atoms with Crippen LogP contribution in [0.15, 0.2) is 22.7 Å². The van der Waals surface area contributed by atoms with Crippen molar-refractivity contribution in [1.29, 1.82) is 0 Å². The van der Waals surface area contributed by atoms with Gasteiger partial charge in [0.1, 0.15) is 9.88 Å². The Morgan fingerprint density at radius 2 is 2.04 bits per heavy atom. The third-order valence-electron chi connectivity index (χ3n) is 4.85. The Labute approximate surface area is 169 Å². The maximum atomic E-state index is 5.59. The molecule has 4 rings (SSSR count). The first-order chi connectivity index (χ1) is 12.5. The van der Waals surface area contributed by atoms with E-state index in [1.807, 2.05) is 6.92 Å². The molecule has 2 aromatic heterocycles. The van der Waals surface area contributed by atoms with Crippen LogP contribution in [0.3, 0.4) is 0 Å². The SMILES string of the molecule is Cc1ccc(-c2nc(C)c(-c3nc(C4CNCCN4C)no3)s2)c(C)c1.Cl. The van der Waals surface area contributed by atoms with Gasteiger partial charge in [-0.3, -0.25) is 4.90 Å². The van der Waals surface area contributed by atoms with E-state index in [4.69, 9.17) is 9.51 Å². The molecule has 8 heteroatoms. The van der Waals surface area contributed by atoms with Crippen molar-refractivity contribution in [1.82, 2.24) is 25.3 Å². The number of hydrogen-bond acceptors (Lipinski definition) is 7. The van der Waals surface area contributed by atoms with Crippen LogP contribution in [0.25, 0.3) is 21.3 Å². The number of thiazole rings is 1. The van der Waals surface area contributed by atoms with Gasteiger partial charge >= 0.3 is 0 Å². The third kappa shape index (κ3) is 3.91. The van der Waals surface area contributed by atoms with Crippen LogP contribution in [0.5, 0.6) is 0 Å². The van der Waals surface area contributed by atoms with Crippen LogP contribution in [0.4, 0.5) is 0 Å². The zero-order valence-corrected chi connectivity index (χ0v) is 17.6. The molecule has 1 fully saturated rings. The first-order valence-electron chi connectivity index (χ1n) is 8.83. The second-order valence-corrected chi connectivity index (χ2v) is 7.91. The van der Waals surface area contributed by atoms with Crippen molar-refractivity contribution in [3.8, 4) is 21.3 Å². The van der Waals surface area contributed by atoms with Crippen molar-refractivity contribution in [2.45, 2.75) is 26.8 Å². The summed E-state index contributed by atoms with van der Waals surface area (Å²) in [5.74, 6) is 1.29. The van der Waals surface area contributed by atoms with E-state index in [1.165, 1.54) is 11.1 Å². The van der Waals surface area contributed by atoms with Gasteiger partial charge in [-0.25, -0.2) is 4.98 Å². The van der Waals surface area contributed by atoms with Crippen LogP contribution < -0.4 is 5.32 Å². The number of nitrogens with one attached hydrogen (secondary N) is 1. The van der Waals surface area contributed by atoms with Gasteiger partial charge in [0, 0.05) is 25.2 Å². The Bertz CT molecular complexity index is 938. The molecule has 0 saturated carbocycles. The van der Waals surface area contributed by atoms with Gasteiger partial charge < -0.3 is 9.84 Å². The van der Waals surface area contributed by atoms with Crippen LogP contribution in [-0.2, 0) is 0 Å². The standard InChI is InChI=1S/C19H23N5OS.ClH/c1-11-5-6-14(12(2)9-11)19-21-13(3)16(26-19)18-22-17(23-25-18)15-10-20-7-8-24(15)4;/h5-6,9,15,20H,7-8,10H2,1-4H3;1H. The highest BCUT2D eigenvalue weighted by atomic mass is 35.5.